The summed E-state index contributed by atoms with van der Waals surface area (Å²) in [6, 6.07) is 13.0. The normalized spacial score (nSPS) is 9.95. The first-order chi connectivity index (χ1) is 9.06. The summed E-state index contributed by atoms with van der Waals surface area (Å²) in [5, 5.41) is 13.4. The van der Waals surface area contributed by atoms with Gasteiger partial charge in [0.25, 0.3) is 11.6 Å². The Morgan fingerprint density at radius 1 is 1.16 bits per heavy atom. The van der Waals surface area contributed by atoms with Crippen molar-refractivity contribution < 1.29 is 9.72 Å². The third-order valence-corrected chi connectivity index (χ3v) is 2.85. The monoisotopic (exact) mass is 320 g/mol. The van der Waals surface area contributed by atoms with Crippen LogP contribution in [0.25, 0.3) is 0 Å². The molecule has 0 fully saturated rings. The molecule has 0 saturated heterocycles. The highest BCUT2D eigenvalue weighted by molar-refractivity contribution is 9.10. The molecule has 0 saturated carbocycles. The highest BCUT2D eigenvalue weighted by Gasteiger charge is 2.13. The van der Waals surface area contributed by atoms with Gasteiger partial charge in [-0.15, -0.1) is 0 Å². The molecule has 0 aliphatic rings. The maximum Gasteiger partial charge on any atom is 0.271 e. The lowest BCUT2D eigenvalue weighted by Gasteiger charge is -2.05. The number of amides is 1. The fourth-order valence-electron chi connectivity index (χ4n) is 1.54. The number of para-hydroxylation sites is 1. The second kappa shape index (κ2) is 5.62. The van der Waals surface area contributed by atoms with Gasteiger partial charge in [-0.2, -0.15) is 0 Å². The zero-order valence-corrected chi connectivity index (χ0v) is 11.3. The van der Waals surface area contributed by atoms with E-state index in [9.17, 15) is 14.9 Å². The largest absolute Gasteiger partial charge is 0.322 e. The van der Waals surface area contributed by atoms with Gasteiger partial charge in [-0.05, 0) is 18.2 Å². The molecule has 1 amide bonds. The molecular formula is C13H9BrN2O3. The summed E-state index contributed by atoms with van der Waals surface area (Å²) in [5.41, 5.74) is 0.729. The van der Waals surface area contributed by atoms with E-state index in [-0.39, 0.29) is 11.3 Å². The average molecular weight is 321 g/mol. The number of nitro groups is 1. The fraction of sp³-hybridized carbons (Fsp3) is 0. The summed E-state index contributed by atoms with van der Waals surface area (Å²) < 4.78 is 0.486. The van der Waals surface area contributed by atoms with Crippen LogP contribution >= 0.6 is 15.9 Å². The Kier molecular flexibility index (Phi) is 3.91. The minimum Gasteiger partial charge on any atom is -0.322 e. The second-order valence-electron chi connectivity index (χ2n) is 3.78. The van der Waals surface area contributed by atoms with E-state index in [1.54, 1.807) is 24.3 Å². The summed E-state index contributed by atoms with van der Waals surface area (Å²) in [6.07, 6.45) is 0. The third-order valence-electron chi connectivity index (χ3n) is 2.39. The highest BCUT2D eigenvalue weighted by atomic mass is 79.9. The van der Waals surface area contributed by atoms with Crippen molar-refractivity contribution in [2.75, 3.05) is 5.32 Å². The first-order valence-corrected chi connectivity index (χ1v) is 6.17. The standard InChI is InChI=1S/C13H9BrN2O3/c14-10-6-9(7-12(8-10)16(18)19)13(17)15-11-4-2-1-3-5-11/h1-8H,(H,15,17). The van der Waals surface area contributed by atoms with Crippen LogP contribution in [-0.2, 0) is 0 Å². The van der Waals surface area contributed by atoms with Gasteiger partial charge in [0, 0.05) is 27.9 Å². The number of hydrogen-bond acceptors (Lipinski definition) is 3. The number of non-ortho nitro benzene ring substituents is 1. The van der Waals surface area contributed by atoms with Gasteiger partial charge in [-0.25, -0.2) is 0 Å². The molecule has 2 rings (SSSR count). The first kappa shape index (κ1) is 13.2. The van der Waals surface area contributed by atoms with Crippen LogP contribution in [0.5, 0.6) is 0 Å². The summed E-state index contributed by atoms with van der Waals surface area (Å²) >= 11 is 3.15. The quantitative estimate of drug-likeness (QED) is 0.693. The Labute approximate surface area is 117 Å². The van der Waals surface area contributed by atoms with Crippen molar-refractivity contribution >= 4 is 33.2 Å². The maximum absolute atomic E-state index is 12.0. The number of nitrogens with one attached hydrogen (secondary N) is 1. The summed E-state index contributed by atoms with van der Waals surface area (Å²) in [6.45, 7) is 0. The maximum atomic E-state index is 12.0. The molecule has 0 bridgehead atoms. The minimum absolute atomic E-state index is 0.132. The lowest BCUT2D eigenvalue weighted by atomic mass is 10.2. The Balaban J connectivity index is 2.26. The van der Waals surface area contributed by atoms with Crippen LogP contribution in [0.4, 0.5) is 11.4 Å². The van der Waals surface area contributed by atoms with E-state index in [4.69, 9.17) is 0 Å². The van der Waals surface area contributed by atoms with E-state index in [1.165, 1.54) is 18.2 Å². The van der Waals surface area contributed by atoms with Crippen molar-refractivity contribution in [2.45, 2.75) is 0 Å². The average Bonchev–Trinajstić information content (AvgIpc) is 2.39. The molecule has 2 aromatic rings. The number of rotatable bonds is 3. The Hall–Kier alpha value is -2.21. The molecule has 0 unspecified atom stereocenters. The Morgan fingerprint density at radius 2 is 1.84 bits per heavy atom. The lowest BCUT2D eigenvalue weighted by Crippen LogP contribution is -2.12. The van der Waals surface area contributed by atoms with E-state index in [2.05, 4.69) is 21.2 Å². The van der Waals surface area contributed by atoms with Gasteiger partial charge in [0.15, 0.2) is 0 Å². The number of anilines is 1. The predicted molar refractivity (Wildman–Crippen MR) is 75.2 cm³/mol. The molecule has 6 heteroatoms. The molecule has 0 radical (unpaired) electrons. The topological polar surface area (TPSA) is 72.2 Å². The fourth-order valence-corrected chi connectivity index (χ4v) is 2.02. The molecule has 0 aromatic heterocycles. The number of hydrogen-bond donors (Lipinski definition) is 1. The number of carbonyl (C=O) groups is 1. The Bertz CT molecular complexity index is 629. The summed E-state index contributed by atoms with van der Waals surface area (Å²) in [7, 11) is 0. The van der Waals surface area contributed by atoms with Gasteiger partial charge in [0.05, 0.1) is 4.92 Å². The van der Waals surface area contributed by atoms with Gasteiger partial charge >= 0.3 is 0 Å². The predicted octanol–water partition coefficient (Wildman–Crippen LogP) is 3.61. The highest BCUT2D eigenvalue weighted by Crippen LogP contribution is 2.22. The molecule has 5 nitrogen and oxygen atoms in total. The van der Waals surface area contributed by atoms with Crippen LogP contribution in [0.15, 0.2) is 53.0 Å². The van der Waals surface area contributed by atoms with Gasteiger partial charge in [-0.3, -0.25) is 14.9 Å². The number of nitro benzene ring substituents is 1. The minimum atomic E-state index is -0.538. The zero-order chi connectivity index (χ0) is 13.8. The number of carbonyl (C=O) groups excluding carboxylic acids is 1. The molecule has 19 heavy (non-hydrogen) atoms. The van der Waals surface area contributed by atoms with Crippen molar-refractivity contribution in [3.8, 4) is 0 Å². The molecule has 0 heterocycles. The van der Waals surface area contributed by atoms with Crippen LogP contribution in [0, 0.1) is 10.1 Å². The van der Waals surface area contributed by atoms with E-state index in [0.717, 1.165) is 0 Å². The van der Waals surface area contributed by atoms with Gasteiger partial charge in [0.1, 0.15) is 0 Å². The van der Waals surface area contributed by atoms with Gasteiger partial charge < -0.3 is 5.32 Å². The molecule has 0 spiro atoms. The van der Waals surface area contributed by atoms with Crippen molar-refractivity contribution in [3.05, 3.63) is 68.7 Å². The van der Waals surface area contributed by atoms with E-state index < -0.39 is 10.8 Å². The van der Waals surface area contributed by atoms with Crippen molar-refractivity contribution in [1.82, 2.24) is 0 Å². The number of nitrogens with zero attached hydrogens (tertiary/aromatic N) is 1. The van der Waals surface area contributed by atoms with Crippen molar-refractivity contribution in [3.63, 3.8) is 0 Å². The van der Waals surface area contributed by atoms with E-state index >= 15 is 0 Å². The SMILES string of the molecule is O=C(Nc1ccccc1)c1cc(Br)cc([N+](=O)[O-])c1. The number of benzene rings is 2. The van der Waals surface area contributed by atoms with Gasteiger partial charge in [0.2, 0.25) is 0 Å². The Morgan fingerprint density at radius 3 is 2.47 bits per heavy atom. The van der Waals surface area contributed by atoms with E-state index in [0.29, 0.717) is 10.2 Å². The first-order valence-electron chi connectivity index (χ1n) is 5.37. The molecule has 0 atom stereocenters. The molecule has 96 valence electrons. The molecule has 1 N–H and O–H groups in total. The molecule has 0 aliphatic carbocycles. The van der Waals surface area contributed by atoms with Crippen LogP contribution in [0.3, 0.4) is 0 Å². The second-order valence-corrected chi connectivity index (χ2v) is 4.69. The smallest absolute Gasteiger partial charge is 0.271 e. The third kappa shape index (κ3) is 3.38. The number of halogens is 1. The van der Waals surface area contributed by atoms with Crippen LogP contribution in [0.1, 0.15) is 10.4 Å². The van der Waals surface area contributed by atoms with Crippen LogP contribution in [-0.4, -0.2) is 10.8 Å². The summed E-state index contributed by atoms with van der Waals surface area (Å²) in [4.78, 5) is 22.2. The van der Waals surface area contributed by atoms with Crippen molar-refractivity contribution in [2.24, 2.45) is 0 Å². The molecular weight excluding hydrogens is 312 g/mol. The molecule has 0 aliphatic heterocycles. The van der Waals surface area contributed by atoms with Crippen LogP contribution in [0.2, 0.25) is 0 Å². The van der Waals surface area contributed by atoms with Crippen LogP contribution < -0.4 is 5.32 Å². The lowest BCUT2D eigenvalue weighted by molar-refractivity contribution is -0.384. The summed E-state index contributed by atoms with van der Waals surface area (Å²) in [5.74, 6) is -0.393. The zero-order valence-electron chi connectivity index (χ0n) is 9.67. The van der Waals surface area contributed by atoms with Crippen molar-refractivity contribution in [1.29, 1.82) is 0 Å². The van der Waals surface area contributed by atoms with Gasteiger partial charge in [-0.1, -0.05) is 34.1 Å². The molecule has 2 aromatic carbocycles. The van der Waals surface area contributed by atoms with E-state index in [1.807, 2.05) is 6.07 Å².